The standard InChI is InChI=1S/C8H5Br2F/c9-5-8(10)6-1-3-7(11)4-2-6/h1-5H/b8-5+. The van der Waals surface area contributed by atoms with Crippen molar-refractivity contribution in [3.8, 4) is 0 Å². The summed E-state index contributed by atoms with van der Waals surface area (Å²) in [5.41, 5.74) is 0.947. The molecule has 0 saturated heterocycles. The highest BCUT2D eigenvalue weighted by Crippen LogP contribution is 2.22. The summed E-state index contributed by atoms with van der Waals surface area (Å²) in [5, 5.41) is 0. The van der Waals surface area contributed by atoms with Gasteiger partial charge in [-0.05, 0) is 38.6 Å². The maximum atomic E-state index is 12.4. The predicted molar refractivity (Wildman–Crippen MR) is 52.2 cm³/mol. The highest BCUT2D eigenvalue weighted by Gasteiger charge is 1.95. The fourth-order valence-corrected chi connectivity index (χ4v) is 1.20. The normalized spacial score (nSPS) is 11.7. The second kappa shape index (κ2) is 4.02. The van der Waals surface area contributed by atoms with Crippen LogP contribution in [-0.4, -0.2) is 0 Å². The lowest BCUT2D eigenvalue weighted by Crippen LogP contribution is -1.76. The van der Waals surface area contributed by atoms with E-state index in [2.05, 4.69) is 31.9 Å². The second-order valence-corrected chi connectivity index (χ2v) is 3.28. The van der Waals surface area contributed by atoms with E-state index in [1.54, 1.807) is 17.1 Å². The Kier molecular flexibility index (Phi) is 3.27. The molecule has 0 aliphatic heterocycles. The first-order valence-electron chi connectivity index (χ1n) is 2.96. The number of halogens is 3. The van der Waals surface area contributed by atoms with Crippen molar-refractivity contribution in [1.29, 1.82) is 0 Å². The summed E-state index contributed by atoms with van der Waals surface area (Å²) in [7, 11) is 0. The Hall–Kier alpha value is -0.150. The molecule has 58 valence electrons. The Morgan fingerprint density at radius 2 is 1.82 bits per heavy atom. The Balaban J connectivity index is 2.99. The van der Waals surface area contributed by atoms with Gasteiger partial charge in [0, 0.05) is 4.48 Å². The molecule has 0 spiro atoms. The van der Waals surface area contributed by atoms with Gasteiger partial charge in [0.1, 0.15) is 5.82 Å². The summed E-state index contributed by atoms with van der Waals surface area (Å²) in [6, 6.07) is 6.26. The monoisotopic (exact) mass is 278 g/mol. The summed E-state index contributed by atoms with van der Waals surface area (Å²) in [5.74, 6) is -0.219. The van der Waals surface area contributed by atoms with Crippen LogP contribution in [0.2, 0.25) is 0 Å². The molecule has 0 radical (unpaired) electrons. The molecule has 0 saturated carbocycles. The van der Waals surface area contributed by atoms with E-state index < -0.39 is 0 Å². The fraction of sp³-hybridized carbons (Fsp3) is 0. The maximum absolute atomic E-state index is 12.4. The van der Waals surface area contributed by atoms with Crippen LogP contribution in [0.25, 0.3) is 4.48 Å². The van der Waals surface area contributed by atoms with Crippen LogP contribution < -0.4 is 0 Å². The minimum atomic E-state index is -0.219. The highest BCUT2D eigenvalue weighted by molar-refractivity contribution is 9.16. The van der Waals surface area contributed by atoms with Crippen molar-refractivity contribution in [1.82, 2.24) is 0 Å². The summed E-state index contributed by atoms with van der Waals surface area (Å²) in [6.07, 6.45) is 0. The lowest BCUT2D eigenvalue weighted by Gasteiger charge is -1.96. The van der Waals surface area contributed by atoms with Gasteiger partial charge in [-0.25, -0.2) is 4.39 Å². The summed E-state index contributed by atoms with van der Waals surface area (Å²) < 4.78 is 13.3. The van der Waals surface area contributed by atoms with Crippen molar-refractivity contribution < 1.29 is 4.39 Å². The summed E-state index contributed by atoms with van der Waals surface area (Å²) in [6.45, 7) is 0. The van der Waals surface area contributed by atoms with Crippen LogP contribution in [0.4, 0.5) is 4.39 Å². The van der Waals surface area contributed by atoms with Gasteiger partial charge >= 0.3 is 0 Å². The summed E-state index contributed by atoms with van der Waals surface area (Å²) >= 11 is 6.47. The topological polar surface area (TPSA) is 0 Å². The van der Waals surface area contributed by atoms with Crippen LogP contribution in [-0.2, 0) is 0 Å². The van der Waals surface area contributed by atoms with Gasteiger partial charge in [-0.3, -0.25) is 0 Å². The van der Waals surface area contributed by atoms with Crippen LogP contribution in [0.15, 0.2) is 29.3 Å². The summed E-state index contributed by atoms with van der Waals surface area (Å²) in [4.78, 5) is 1.74. The molecule has 1 aromatic rings. The third-order valence-electron chi connectivity index (χ3n) is 1.22. The van der Waals surface area contributed by atoms with Gasteiger partial charge in [0.25, 0.3) is 0 Å². The molecular weight excluding hydrogens is 275 g/mol. The van der Waals surface area contributed by atoms with Crippen LogP contribution in [0.1, 0.15) is 5.56 Å². The average Bonchev–Trinajstić information content (AvgIpc) is 2.05. The lowest BCUT2D eigenvalue weighted by molar-refractivity contribution is 0.628. The molecule has 0 heterocycles. The zero-order valence-corrected chi connectivity index (χ0v) is 8.69. The third-order valence-corrected chi connectivity index (χ3v) is 2.97. The SMILES string of the molecule is Fc1ccc(/C(Br)=C\Br)cc1. The van der Waals surface area contributed by atoms with Crippen molar-refractivity contribution in [2.45, 2.75) is 0 Å². The average molecular weight is 280 g/mol. The largest absolute Gasteiger partial charge is 0.207 e. The van der Waals surface area contributed by atoms with Crippen molar-refractivity contribution >= 4 is 36.3 Å². The minimum absolute atomic E-state index is 0.219. The quantitative estimate of drug-likeness (QED) is 0.731. The van der Waals surface area contributed by atoms with Crippen LogP contribution in [0.5, 0.6) is 0 Å². The smallest absolute Gasteiger partial charge is 0.123 e. The minimum Gasteiger partial charge on any atom is -0.207 e. The molecule has 0 atom stereocenters. The molecule has 0 aromatic heterocycles. The van der Waals surface area contributed by atoms with Gasteiger partial charge in [-0.15, -0.1) is 0 Å². The number of hydrogen-bond acceptors (Lipinski definition) is 0. The Bertz CT molecular complexity index is 264. The lowest BCUT2D eigenvalue weighted by atomic mass is 10.2. The van der Waals surface area contributed by atoms with E-state index in [4.69, 9.17) is 0 Å². The van der Waals surface area contributed by atoms with Crippen LogP contribution in [0.3, 0.4) is 0 Å². The van der Waals surface area contributed by atoms with E-state index >= 15 is 0 Å². The van der Waals surface area contributed by atoms with Crippen molar-refractivity contribution in [3.63, 3.8) is 0 Å². The molecule has 3 heteroatoms. The molecule has 0 fully saturated rings. The second-order valence-electron chi connectivity index (χ2n) is 1.96. The predicted octanol–water partition coefficient (Wildman–Crippen LogP) is 3.91. The molecule has 1 rings (SSSR count). The van der Waals surface area contributed by atoms with Gasteiger partial charge in [0.2, 0.25) is 0 Å². The van der Waals surface area contributed by atoms with Crippen LogP contribution >= 0.6 is 31.9 Å². The molecule has 0 N–H and O–H groups in total. The highest BCUT2D eigenvalue weighted by atomic mass is 79.9. The molecule has 0 aliphatic carbocycles. The number of hydrogen-bond donors (Lipinski definition) is 0. The van der Waals surface area contributed by atoms with Gasteiger partial charge in [-0.1, -0.05) is 28.1 Å². The molecular formula is C8H5Br2F. The third kappa shape index (κ3) is 2.42. The molecule has 0 aliphatic rings. The van der Waals surface area contributed by atoms with Gasteiger partial charge in [0.05, 0.1) is 0 Å². The van der Waals surface area contributed by atoms with E-state index in [1.165, 1.54) is 12.1 Å². The molecule has 0 bridgehead atoms. The zero-order valence-electron chi connectivity index (χ0n) is 5.52. The van der Waals surface area contributed by atoms with Crippen LogP contribution in [0, 0.1) is 5.82 Å². The molecule has 1 aromatic carbocycles. The first-order chi connectivity index (χ1) is 5.24. The fourth-order valence-electron chi connectivity index (χ4n) is 0.672. The first-order valence-corrected chi connectivity index (χ1v) is 4.66. The Morgan fingerprint density at radius 3 is 2.27 bits per heavy atom. The van der Waals surface area contributed by atoms with E-state index in [0.717, 1.165) is 10.0 Å². The molecule has 0 amide bonds. The maximum Gasteiger partial charge on any atom is 0.123 e. The van der Waals surface area contributed by atoms with Crippen molar-refractivity contribution in [3.05, 3.63) is 40.6 Å². The number of benzene rings is 1. The van der Waals surface area contributed by atoms with Crippen molar-refractivity contribution in [2.75, 3.05) is 0 Å². The first kappa shape index (κ1) is 8.94. The van der Waals surface area contributed by atoms with E-state index in [0.29, 0.717) is 0 Å². The van der Waals surface area contributed by atoms with Crippen molar-refractivity contribution in [2.24, 2.45) is 0 Å². The number of rotatable bonds is 1. The Morgan fingerprint density at radius 1 is 1.27 bits per heavy atom. The molecule has 0 unspecified atom stereocenters. The molecule has 0 nitrogen and oxygen atoms in total. The molecule has 11 heavy (non-hydrogen) atoms. The van der Waals surface area contributed by atoms with Gasteiger partial charge in [-0.2, -0.15) is 0 Å². The van der Waals surface area contributed by atoms with E-state index in [9.17, 15) is 4.39 Å². The Labute approximate surface area is 81.4 Å². The van der Waals surface area contributed by atoms with Gasteiger partial charge in [0.15, 0.2) is 0 Å². The van der Waals surface area contributed by atoms with E-state index in [-0.39, 0.29) is 5.82 Å². The van der Waals surface area contributed by atoms with E-state index in [1.807, 2.05) is 0 Å². The zero-order chi connectivity index (χ0) is 8.27. The van der Waals surface area contributed by atoms with Gasteiger partial charge < -0.3 is 0 Å².